The Labute approximate surface area is 60.6 Å². The van der Waals surface area contributed by atoms with E-state index < -0.39 is 5.97 Å². The highest BCUT2D eigenvalue weighted by Crippen LogP contribution is 1.93. The van der Waals surface area contributed by atoms with Crippen LogP contribution in [0.1, 0.15) is 13.8 Å². The normalized spacial score (nSPS) is 10.8. The van der Waals surface area contributed by atoms with Gasteiger partial charge in [0.2, 0.25) is 0 Å². The molecule has 0 rings (SSSR count). The van der Waals surface area contributed by atoms with Crippen LogP contribution in [0.2, 0.25) is 0 Å². The molecular weight excluding hydrogens is 132 g/mol. The zero-order valence-electron chi connectivity index (χ0n) is 6.46. The van der Waals surface area contributed by atoms with Gasteiger partial charge in [0.1, 0.15) is 0 Å². The van der Waals surface area contributed by atoms with Crippen LogP contribution in [0.4, 0.5) is 0 Å². The van der Waals surface area contributed by atoms with Crippen LogP contribution in [0, 0.1) is 5.92 Å². The third-order valence-electron chi connectivity index (χ3n) is 0.783. The van der Waals surface area contributed by atoms with E-state index in [9.17, 15) is 4.79 Å². The Kier molecular flexibility index (Phi) is 4.58. The molecule has 0 N–H and O–H groups in total. The topological polar surface area (TPSA) is 35.5 Å². The number of hydrogen-bond acceptors (Lipinski definition) is 3. The molecule has 0 unspecified atom stereocenters. The molecule has 0 aromatic carbocycles. The first kappa shape index (κ1) is 9.17. The third-order valence-corrected chi connectivity index (χ3v) is 0.783. The lowest BCUT2D eigenvalue weighted by atomic mass is 10.2. The van der Waals surface area contributed by atoms with E-state index in [0.29, 0.717) is 5.92 Å². The average Bonchev–Trinajstić information content (AvgIpc) is 1.85. The molecule has 0 aliphatic carbocycles. The largest absolute Gasteiger partial charge is 0.365 e. The van der Waals surface area contributed by atoms with Crippen LogP contribution < -0.4 is 0 Å². The molecule has 0 spiro atoms. The van der Waals surface area contributed by atoms with Crippen LogP contribution in [0.15, 0.2) is 12.2 Å². The number of rotatable bonds is 3. The quantitative estimate of drug-likeness (QED) is 0.340. The molecule has 0 radical (unpaired) electrons. The predicted octanol–water partition coefficient (Wildman–Crippen LogP) is 1.30. The second-order valence-corrected chi connectivity index (χ2v) is 2.17. The van der Waals surface area contributed by atoms with Gasteiger partial charge in [0.15, 0.2) is 0 Å². The van der Waals surface area contributed by atoms with Gasteiger partial charge in [-0.15, -0.1) is 0 Å². The number of carbonyl (C=O) groups is 1. The lowest BCUT2D eigenvalue weighted by Crippen LogP contribution is -1.98. The fraction of sp³-hybridized carbons (Fsp3) is 0.571. The smallest absolute Gasteiger partial charge is 0.294 e. The zero-order chi connectivity index (χ0) is 7.98. The van der Waals surface area contributed by atoms with Crippen LogP contribution in [0.3, 0.4) is 0 Å². The molecule has 0 saturated heterocycles. The standard InChI is InChI=1S/C7H12O3/c1-6(2)4-5-7(8)10-9-3/h4-6H,1-3H3. The van der Waals surface area contributed by atoms with Crippen molar-refractivity contribution in [2.75, 3.05) is 7.11 Å². The minimum absolute atomic E-state index is 0.351. The molecule has 0 aliphatic rings. The highest BCUT2D eigenvalue weighted by Gasteiger charge is 1.94. The summed E-state index contributed by atoms with van der Waals surface area (Å²) in [5.74, 6) is -0.124. The van der Waals surface area contributed by atoms with Crippen molar-refractivity contribution in [1.82, 2.24) is 0 Å². The van der Waals surface area contributed by atoms with Crippen molar-refractivity contribution in [3.8, 4) is 0 Å². The second kappa shape index (κ2) is 4.99. The molecule has 0 heterocycles. The highest BCUT2D eigenvalue weighted by molar-refractivity contribution is 5.81. The van der Waals surface area contributed by atoms with Crippen molar-refractivity contribution in [2.45, 2.75) is 13.8 Å². The SMILES string of the molecule is COOC(=O)C=CC(C)C. The third kappa shape index (κ3) is 5.31. The average molecular weight is 144 g/mol. The van der Waals surface area contributed by atoms with Crippen molar-refractivity contribution in [3.05, 3.63) is 12.2 Å². The van der Waals surface area contributed by atoms with Crippen LogP contribution >= 0.6 is 0 Å². The molecule has 0 amide bonds. The molecule has 0 bridgehead atoms. The van der Waals surface area contributed by atoms with Gasteiger partial charge in [-0.2, -0.15) is 4.89 Å². The Bertz CT molecular complexity index is 127. The van der Waals surface area contributed by atoms with Crippen LogP contribution in [0.25, 0.3) is 0 Å². The molecular formula is C7H12O3. The Morgan fingerprint density at radius 2 is 2.10 bits per heavy atom. The lowest BCUT2D eigenvalue weighted by Gasteiger charge is -1.94. The van der Waals surface area contributed by atoms with Crippen molar-refractivity contribution in [1.29, 1.82) is 0 Å². The summed E-state index contributed by atoms with van der Waals surface area (Å²) < 4.78 is 0. The summed E-state index contributed by atoms with van der Waals surface area (Å²) in [5.41, 5.74) is 0. The molecule has 58 valence electrons. The van der Waals surface area contributed by atoms with Gasteiger partial charge >= 0.3 is 5.97 Å². The lowest BCUT2D eigenvalue weighted by molar-refractivity contribution is -0.249. The summed E-state index contributed by atoms with van der Waals surface area (Å²) >= 11 is 0. The van der Waals surface area contributed by atoms with Gasteiger partial charge in [0.25, 0.3) is 0 Å². The number of carbonyl (C=O) groups excluding carboxylic acids is 1. The number of allylic oxidation sites excluding steroid dienone is 1. The van der Waals surface area contributed by atoms with Crippen molar-refractivity contribution in [2.24, 2.45) is 5.92 Å². The van der Waals surface area contributed by atoms with E-state index in [1.807, 2.05) is 13.8 Å². The van der Waals surface area contributed by atoms with Gasteiger partial charge in [-0.25, -0.2) is 4.79 Å². The second-order valence-electron chi connectivity index (χ2n) is 2.17. The fourth-order valence-corrected chi connectivity index (χ4v) is 0.381. The highest BCUT2D eigenvalue weighted by atomic mass is 17.2. The summed E-state index contributed by atoms with van der Waals surface area (Å²) in [6.07, 6.45) is 3.08. The molecule has 0 saturated carbocycles. The van der Waals surface area contributed by atoms with E-state index in [4.69, 9.17) is 0 Å². The van der Waals surface area contributed by atoms with Crippen molar-refractivity contribution >= 4 is 5.97 Å². The Hall–Kier alpha value is -0.830. The minimum Gasteiger partial charge on any atom is -0.294 e. The van der Waals surface area contributed by atoms with Crippen LogP contribution in [0.5, 0.6) is 0 Å². The van der Waals surface area contributed by atoms with E-state index >= 15 is 0 Å². The maximum Gasteiger partial charge on any atom is 0.365 e. The van der Waals surface area contributed by atoms with Gasteiger partial charge in [-0.3, -0.25) is 4.89 Å². The fourth-order valence-electron chi connectivity index (χ4n) is 0.381. The summed E-state index contributed by atoms with van der Waals surface area (Å²) in [6.45, 7) is 3.94. The van der Waals surface area contributed by atoms with Gasteiger partial charge in [-0.1, -0.05) is 19.9 Å². The minimum atomic E-state index is -0.476. The summed E-state index contributed by atoms with van der Waals surface area (Å²) in [7, 11) is 1.29. The first-order chi connectivity index (χ1) is 4.66. The van der Waals surface area contributed by atoms with E-state index in [1.54, 1.807) is 6.08 Å². The Balaban J connectivity index is 3.56. The van der Waals surface area contributed by atoms with Gasteiger partial charge in [-0.05, 0) is 5.92 Å². The predicted molar refractivity (Wildman–Crippen MR) is 37.1 cm³/mol. The Morgan fingerprint density at radius 1 is 1.50 bits per heavy atom. The molecule has 3 nitrogen and oxygen atoms in total. The Morgan fingerprint density at radius 3 is 2.50 bits per heavy atom. The van der Waals surface area contributed by atoms with E-state index in [0.717, 1.165) is 0 Å². The monoisotopic (exact) mass is 144 g/mol. The van der Waals surface area contributed by atoms with Crippen LogP contribution in [-0.2, 0) is 14.6 Å². The molecule has 3 heteroatoms. The van der Waals surface area contributed by atoms with E-state index in [-0.39, 0.29) is 0 Å². The van der Waals surface area contributed by atoms with E-state index in [1.165, 1.54) is 13.2 Å². The van der Waals surface area contributed by atoms with Crippen LogP contribution in [-0.4, -0.2) is 13.1 Å². The summed E-state index contributed by atoms with van der Waals surface area (Å²) in [5, 5.41) is 0. The van der Waals surface area contributed by atoms with Gasteiger partial charge in [0.05, 0.1) is 7.11 Å². The van der Waals surface area contributed by atoms with Gasteiger partial charge in [0, 0.05) is 6.08 Å². The zero-order valence-corrected chi connectivity index (χ0v) is 6.46. The molecule has 0 fully saturated rings. The van der Waals surface area contributed by atoms with Gasteiger partial charge < -0.3 is 0 Å². The van der Waals surface area contributed by atoms with E-state index in [2.05, 4.69) is 9.78 Å². The van der Waals surface area contributed by atoms with Crippen molar-refractivity contribution in [3.63, 3.8) is 0 Å². The molecule has 10 heavy (non-hydrogen) atoms. The molecule has 0 aromatic rings. The maximum absolute atomic E-state index is 10.5. The number of hydrogen-bond donors (Lipinski definition) is 0. The molecule has 0 aliphatic heterocycles. The maximum atomic E-state index is 10.5. The molecule has 0 atom stereocenters. The molecule has 0 aromatic heterocycles. The van der Waals surface area contributed by atoms with Crippen molar-refractivity contribution < 1.29 is 14.6 Å². The summed E-state index contributed by atoms with van der Waals surface area (Å²) in [4.78, 5) is 18.8. The first-order valence-electron chi connectivity index (χ1n) is 3.09. The summed E-state index contributed by atoms with van der Waals surface area (Å²) in [6, 6.07) is 0. The first-order valence-corrected chi connectivity index (χ1v) is 3.09.